The number of rotatable bonds is 5. The van der Waals surface area contributed by atoms with E-state index in [1.165, 1.54) is 0 Å². The molecule has 4 nitrogen and oxygen atoms in total. The quantitative estimate of drug-likeness (QED) is 0.198. The van der Waals surface area contributed by atoms with E-state index < -0.39 is 11.8 Å². The van der Waals surface area contributed by atoms with Crippen LogP contribution < -0.4 is 0 Å². The summed E-state index contributed by atoms with van der Waals surface area (Å²) in [6, 6.07) is 0. The molecule has 0 spiro atoms. The first-order valence-corrected chi connectivity index (χ1v) is 3.50. The zero-order valence-corrected chi connectivity index (χ0v) is 6.91. The molecule has 0 bridgehead atoms. The summed E-state index contributed by atoms with van der Waals surface area (Å²) in [7, 11) is 0. The molecule has 0 amide bonds. The zero-order chi connectivity index (χ0) is 9.40. The average molecular weight is 171 g/mol. The number of hydrogen-bond donors (Lipinski definition) is 0. The molecule has 0 rings (SSSR count). The number of carbonyl (C=O) groups is 2. The average Bonchev–Trinajstić information content (AvgIpc) is 2.05. The normalized spacial score (nSPS) is 9.75. The molecule has 0 fully saturated rings. The predicted molar refractivity (Wildman–Crippen MR) is 42.1 cm³/mol. The van der Waals surface area contributed by atoms with Crippen LogP contribution in [0.4, 0.5) is 0 Å². The topological polar surface area (TPSA) is 52.6 Å². The van der Waals surface area contributed by atoms with E-state index >= 15 is 0 Å². The largest absolute Gasteiger partial charge is 0.461 e. The summed E-state index contributed by atoms with van der Waals surface area (Å²) in [6.45, 7) is 5.39. The highest BCUT2D eigenvalue weighted by Gasteiger charge is 2.09. The second-order valence-electron chi connectivity index (χ2n) is 1.76. The van der Waals surface area contributed by atoms with Gasteiger partial charge in [0.1, 0.15) is 6.92 Å². The molecule has 0 aliphatic heterocycles. The molecule has 0 radical (unpaired) electrons. The number of ketones is 1. The van der Waals surface area contributed by atoms with Crippen molar-refractivity contribution in [3.05, 3.63) is 19.3 Å². The molecule has 66 valence electrons. The second-order valence-corrected chi connectivity index (χ2v) is 1.76. The van der Waals surface area contributed by atoms with E-state index in [1.54, 1.807) is 6.92 Å². The van der Waals surface area contributed by atoms with E-state index in [0.717, 1.165) is 12.3 Å². The van der Waals surface area contributed by atoms with Gasteiger partial charge in [0.05, 0.1) is 12.9 Å². The third kappa shape index (κ3) is 4.38. The summed E-state index contributed by atoms with van der Waals surface area (Å²) in [5.74, 6) is -1.60. The highest BCUT2D eigenvalue weighted by molar-refractivity contribution is 6.38. The Morgan fingerprint density at radius 2 is 2.17 bits per heavy atom. The summed E-state index contributed by atoms with van der Waals surface area (Å²) in [4.78, 5) is 21.4. The SMILES string of the molecule is [CH2+]CO/C=C/C(=O)C(=O)OCC. The van der Waals surface area contributed by atoms with Crippen molar-refractivity contribution in [1.82, 2.24) is 0 Å². The Balaban J connectivity index is 3.78. The van der Waals surface area contributed by atoms with Crippen LogP contribution in [-0.2, 0) is 19.1 Å². The van der Waals surface area contributed by atoms with Crippen LogP contribution in [0.15, 0.2) is 12.3 Å². The van der Waals surface area contributed by atoms with E-state index in [1.807, 2.05) is 0 Å². The lowest BCUT2D eigenvalue weighted by atomic mass is 10.4. The van der Waals surface area contributed by atoms with Crippen molar-refractivity contribution in [3.8, 4) is 0 Å². The maximum atomic E-state index is 10.7. The molecule has 12 heavy (non-hydrogen) atoms. The molecule has 4 heteroatoms. The van der Waals surface area contributed by atoms with Crippen LogP contribution in [0.3, 0.4) is 0 Å². The fourth-order valence-corrected chi connectivity index (χ4v) is 0.448. The van der Waals surface area contributed by atoms with Crippen LogP contribution in [0.25, 0.3) is 0 Å². The zero-order valence-electron chi connectivity index (χ0n) is 6.91. The third-order valence-corrected chi connectivity index (χ3v) is 0.910. The Morgan fingerprint density at radius 1 is 1.50 bits per heavy atom. The van der Waals surface area contributed by atoms with Gasteiger partial charge in [0.25, 0.3) is 5.78 Å². The maximum absolute atomic E-state index is 10.7. The van der Waals surface area contributed by atoms with Crippen molar-refractivity contribution in [3.63, 3.8) is 0 Å². The monoisotopic (exact) mass is 171 g/mol. The van der Waals surface area contributed by atoms with Crippen LogP contribution in [0.5, 0.6) is 0 Å². The summed E-state index contributed by atoms with van der Waals surface area (Å²) in [5, 5.41) is 0. The van der Waals surface area contributed by atoms with Gasteiger partial charge in [0.2, 0.25) is 6.61 Å². The fourth-order valence-electron chi connectivity index (χ4n) is 0.448. The highest BCUT2D eigenvalue weighted by Crippen LogP contribution is 1.84. The number of esters is 1. The first-order chi connectivity index (χ1) is 5.72. The molecule has 0 heterocycles. The van der Waals surface area contributed by atoms with Crippen molar-refractivity contribution < 1.29 is 19.1 Å². The van der Waals surface area contributed by atoms with Crippen LogP contribution in [0.1, 0.15) is 6.92 Å². The van der Waals surface area contributed by atoms with Crippen molar-refractivity contribution in [2.75, 3.05) is 13.2 Å². The number of carbonyl (C=O) groups excluding carboxylic acids is 2. The van der Waals surface area contributed by atoms with Crippen molar-refractivity contribution in [2.24, 2.45) is 0 Å². The number of ether oxygens (including phenoxy) is 2. The summed E-state index contributed by atoms with van der Waals surface area (Å²) >= 11 is 0. The van der Waals surface area contributed by atoms with E-state index in [0.29, 0.717) is 0 Å². The molecule has 0 atom stereocenters. The first-order valence-electron chi connectivity index (χ1n) is 3.50. The minimum Gasteiger partial charge on any atom is -0.461 e. The van der Waals surface area contributed by atoms with Gasteiger partial charge in [0, 0.05) is 6.08 Å². The Bertz CT molecular complexity index is 183. The minimum absolute atomic E-state index is 0.189. The Hall–Kier alpha value is -1.45. The lowest BCUT2D eigenvalue weighted by Gasteiger charge is -1.95. The van der Waals surface area contributed by atoms with Crippen LogP contribution in [-0.4, -0.2) is 25.0 Å². The van der Waals surface area contributed by atoms with Crippen molar-refractivity contribution in [1.29, 1.82) is 0 Å². The molecule has 0 saturated carbocycles. The van der Waals surface area contributed by atoms with Gasteiger partial charge in [-0.05, 0) is 6.92 Å². The van der Waals surface area contributed by atoms with Crippen LogP contribution in [0, 0.1) is 6.92 Å². The van der Waals surface area contributed by atoms with E-state index in [2.05, 4.69) is 16.4 Å². The molecule has 0 aromatic heterocycles. The molecular formula is C8H11O4+. The summed E-state index contributed by atoms with van der Waals surface area (Å²) in [5.41, 5.74) is 0. The van der Waals surface area contributed by atoms with Crippen molar-refractivity contribution >= 4 is 11.8 Å². The Morgan fingerprint density at radius 3 is 2.67 bits per heavy atom. The van der Waals surface area contributed by atoms with E-state index in [-0.39, 0.29) is 13.2 Å². The molecule has 0 aliphatic carbocycles. The van der Waals surface area contributed by atoms with Gasteiger partial charge >= 0.3 is 5.97 Å². The molecule has 0 saturated heterocycles. The Labute approximate surface area is 71.2 Å². The van der Waals surface area contributed by atoms with Crippen molar-refractivity contribution in [2.45, 2.75) is 6.92 Å². The van der Waals surface area contributed by atoms with Crippen LogP contribution in [0.2, 0.25) is 0 Å². The third-order valence-electron chi connectivity index (χ3n) is 0.910. The van der Waals surface area contributed by atoms with Crippen LogP contribution >= 0.6 is 0 Å². The maximum Gasteiger partial charge on any atom is 0.379 e. The van der Waals surface area contributed by atoms with Gasteiger partial charge in [-0.25, -0.2) is 4.79 Å². The standard InChI is InChI=1S/C8H11O4/c1-3-11-6-5-7(9)8(10)12-4-2/h5-6H,1,3-4H2,2H3/q+1/b6-5+. The highest BCUT2D eigenvalue weighted by atomic mass is 16.5. The number of hydrogen-bond acceptors (Lipinski definition) is 4. The summed E-state index contributed by atoms with van der Waals surface area (Å²) < 4.78 is 9.04. The second kappa shape index (κ2) is 6.27. The molecule has 0 aliphatic rings. The van der Waals surface area contributed by atoms with Gasteiger partial charge in [-0.3, -0.25) is 4.79 Å². The van der Waals surface area contributed by atoms with Gasteiger partial charge in [-0.1, -0.05) is 0 Å². The Kier molecular flexibility index (Phi) is 5.51. The lowest BCUT2D eigenvalue weighted by molar-refractivity contribution is -0.151. The van der Waals surface area contributed by atoms with E-state index in [9.17, 15) is 9.59 Å². The smallest absolute Gasteiger partial charge is 0.379 e. The van der Waals surface area contributed by atoms with Gasteiger partial charge in [0.15, 0.2) is 0 Å². The molecule has 0 unspecified atom stereocenters. The summed E-state index contributed by atoms with van der Waals surface area (Å²) in [6.07, 6.45) is 2.12. The lowest BCUT2D eigenvalue weighted by Crippen LogP contribution is -2.14. The van der Waals surface area contributed by atoms with Gasteiger partial charge in [-0.2, -0.15) is 0 Å². The molecule has 0 aromatic rings. The van der Waals surface area contributed by atoms with E-state index in [4.69, 9.17) is 0 Å². The molecule has 0 N–H and O–H groups in total. The first kappa shape index (κ1) is 10.6. The molecular weight excluding hydrogens is 160 g/mol. The minimum atomic E-state index is -0.874. The van der Waals surface area contributed by atoms with Gasteiger partial charge < -0.3 is 9.47 Å². The molecule has 0 aromatic carbocycles. The fraction of sp³-hybridized carbons (Fsp3) is 0.375. The van der Waals surface area contributed by atoms with Gasteiger partial charge in [-0.15, -0.1) is 0 Å². The predicted octanol–water partition coefficient (Wildman–Crippen LogP) is 0.483.